The minimum atomic E-state index is 0.171. The van der Waals surface area contributed by atoms with Gasteiger partial charge in [-0.2, -0.15) is 0 Å². The van der Waals surface area contributed by atoms with E-state index >= 15 is 0 Å². The third-order valence-electron chi connectivity index (χ3n) is 4.98. The average Bonchev–Trinajstić information content (AvgIpc) is 2.61. The van der Waals surface area contributed by atoms with Crippen LogP contribution in [0.2, 0.25) is 0 Å². The van der Waals surface area contributed by atoms with Crippen molar-refractivity contribution >= 4 is 11.6 Å². The maximum Gasteiger partial charge on any atom is 0.123 e. The molecule has 25 heavy (non-hydrogen) atoms. The van der Waals surface area contributed by atoms with E-state index in [1.54, 1.807) is 0 Å². The van der Waals surface area contributed by atoms with Crippen molar-refractivity contribution in [2.45, 2.75) is 46.1 Å². The minimum absolute atomic E-state index is 0.171. The molecule has 0 aliphatic carbocycles. The minimum Gasteiger partial charge on any atom is -0.493 e. The molecule has 0 unspecified atom stereocenters. The van der Waals surface area contributed by atoms with Crippen molar-refractivity contribution in [2.75, 3.05) is 13.2 Å². The van der Waals surface area contributed by atoms with Gasteiger partial charge in [0.2, 0.25) is 0 Å². The van der Waals surface area contributed by atoms with E-state index in [9.17, 15) is 0 Å². The van der Waals surface area contributed by atoms with Crippen LogP contribution in [0.1, 0.15) is 56.4 Å². The van der Waals surface area contributed by atoms with Crippen molar-refractivity contribution in [2.24, 2.45) is 0 Å². The standard InChI is InChI=1S/C23H28O2/c1-5-24-16-19-8-6-18(7-9-19)14-17(2)20-10-11-22-21(15-20)23(3,4)12-13-25-22/h6-11,14-15H,5,12-13,16H2,1-4H3. The molecule has 0 radical (unpaired) electrons. The molecule has 0 fully saturated rings. The second kappa shape index (κ2) is 7.45. The molecule has 2 aromatic rings. The van der Waals surface area contributed by atoms with Gasteiger partial charge in [-0.3, -0.25) is 0 Å². The predicted octanol–water partition coefficient (Wildman–Crippen LogP) is 5.84. The normalized spacial score (nSPS) is 16.2. The van der Waals surface area contributed by atoms with E-state index in [1.807, 2.05) is 6.92 Å². The van der Waals surface area contributed by atoms with Gasteiger partial charge in [0.1, 0.15) is 5.75 Å². The van der Waals surface area contributed by atoms with Crippen LogP contribution in [0, 0.1) is 0 Å². The molecule has 0 N–H and O–H groups in total. The monoisotopic (exact) mass is 336 g/mol. The molecule has 1 heterocycles. The van der Waals surface area contributed by atoms with E-state index in [0.29, 0.717) is 6.61 Å². The summed E-state index contributed by atoms with van der Waals surface area (Å²) in [4.78, 5) is 0. The smallest absolute Gasteiger partial charge is 0.123 e. The Morgan fingerprint density at radius 2 is 1.92 bits per heavy atom. The Balaban J connectivity index is 1.83. The summed E-state index contributed by atoms with van der Waals surface area (Å²) >= 11 is 0. The maximum atomic E-state index is 5.83. The first-order valence-electron chi connectivity index (χ1n) is 9.12. The number of ether oxygens (including phenoxy) is 2. The first kappa shape index (κ1) is 17.8. The lowest BCUT2D eigenvalue weighted by Crippen LogP contribution is -2.26. The van der Waals surface area contributed by atoms with Crippen LogP contribution in [0.25, 0.3) is 11.6 Å². The lowest BCUT2D eigenvalue weighted by atomic mass is 9.79. The SMILES string of the molecule is CCOCc1ccc(C=C(C)c2ccc3c(c2)C(C)(C)CCO3)cc1. The Bertz CT molecular complexity index is 754. The van der Waals surface area contributed by atoms with Gasteiger partial charge in [0.25, 0.3) is 0 Å². The lowest BCUT2D eigenvalue weighted by molar-refractivity contribution is 0.134. The summed E-state index contributed by atoms with van der Waals surface area (Å²) in [5.41, 5.74) is 6.44. The molecule has 0 atom stereocenters. The Morgan fingerprint density at radius 1 is 1.16 bits per heavy atom. The highest BCUT2D eigenvalue weighted by Crippen LogP contribution is 2.39. The number of hydrogen-bond acceptors (Lipinski definition) is 2. The fourth-order valence-corrected chi connectivity index (χ4v) is 3.24. The van der Waals surface area contributed by atoms with E-state index in [2.05, 4.69) is 69.3 Å². The van der Waals surface area contributed by atoms with E-state index in [1.165, 1.54) is 27.8 Å². The van der Waals surface area contributed by atoms with E-state index in [0.717, 1.165) is 25.4 Å². The molecule has 0 saturated heterocycles. The quantitative estimate of drug-likeness (QED) is 0.638. The van der Waals surface area contributed by atoms with E-state index < -0.39 is 0 Å². The zero-order valence-corrected chi connectivity index (χ0v) is 15.8. The second-order valence-corrected chi connectivity index (χ2v) is 7.40. The van der Waals surface area contributed by atoms with Crippen molar-refractivity contribution in [1.29, 1.82) is 0 Å². The van der Waals surface area contributed by atoms with Gasteiger partial charge >= 0.3 is 0 Å². The molecule has 0 aromatic heterocycles. The van der Waals surface area contributed by atoms with Crippen LogP contribution in [-0.4, -0.2) is 13.2 Å². The Kier molecular flexibility index (Phi) is 5.29. The Hall–Kier alpha value is -2.06. The summed E-state index contributed by atoms with van der Waals surface area (Å²) in [6.07, 6.45) is 3.30. The molecule has 0 saturated carbocycles. The molecule has 0 amide bonds. The lowest BCUT2D eigenvalue weighted by Gasteiger charge is -2.32. The highest BCUT2D eigenvalue weighted by molar-refractivity contribution is 5.80. The molecule has 0 spiro atoms. The van der Waals surface area contributed by atoms with Crippen LogP contribution >= 0.6 is 0 Å². The summed E-state index contributed by atoms with van der Waals surface area (Å²) < 4.78 is 11.3. The van der Waals surface area contributed by atoms with E-state index in [-0.39, 0.29) is 5.41 Å². The van der Waals surface area contributed by atoms with Gasteiger partial charge in [0.15, 0.2) is 0 Å². The second-order valence-electron chi connectivity index (χ2n) is 7.40. The molecular weight excluding hydrogens is 308 g/mol. The fourth-order valence-electron chi connectivity index (χ4n) is 3.24. The van der Waals surface area contributed by atoms with Crippen LogP contribution in [0.5, 0.6) is 5.75 Å². The van der Waals surface area contributed by atoms with Crippen molar-refractivity contribution in [1.82, 2.24) is 0 Å². The summed E-state index contributed by atoms with van der Waals surface area (Å²) in [6.45, 7) is 11.0. The molecule has 132 valence electrons. The first-order chi connectivity index (χ1) is 12.0. The van der Waals surface area contributed by atoms with Gasteiger partial charge in [-0.25, -0.2) is 0 Å². The van der Waals surface area contributed by atoms with Gasteiger partial charge in [0.05, 0.1) is 13.2 Å². The average molecular weight is 336 g/mol. The third kappa shape index (κ3) is 4.13. The Labute approximate surface area is 151 Å². The van der Waals surface area contributed by atoms with Crippen LogP contribution in [0.4, 0.5) is 0 Å². The van der Waals surface area contributed by atoms with E-state index in [4.69, 9.17) is 9.47 Å². The number of hydrogen-bond donors (Lipinski definition) is 0. The van der Waals surface area contributed by atoms with Crippen molar-refractivity contribution in [3.8, 4) is 5.75 Å². The number of allylic oxidation sites excluding steroid dienone is 1. The maximum absolute atomic E-state index is 5.83. The third-order valence-corrected chi connectivity index (χ3v) is 4.98. The predicted molar refractivity (Wildman–Crippen MR) is 105 cm³/mol. The first-order valence-corrected chi connectivity index (χ1v) is 9.12. The zero-order chi connectivity index (χ0) is 17.9. The van der Waals surface area contributed by atoms with Crippen molar-refractivity contribution < 1.29 is 9.47 Å². The molecule has 2 heteroatoms. The molecular formula is C23H28O2. The van der Waals surface area contributed by atoms with Gasteiger partial charge in [-0.15, -0.1) is 0 Å². The van der Waals surface area contributed by atoms with Gasteiger partial charge in [-0.05, 0) is 60.1 Å². The molecule has 3 rings (SSSR count). The van der Waals surface area contributed by atoms with Crippen molar-refractivity contribution in [3.63, 3.8) is 0 Å². The van der Waals surface area contributed by atoms with Crippen molar-refractivity contribution in [3.05, 3.63) is 64.7 Å². The molecule has 1 aliphatic heterocycles. The number of rotatable bonds is 5. The number of fused-ring (bicyclic) bond motifs is 1. The summed E-state index contributed by atoms with van der Waals surface area (Å²) in [6, 6.07) is 15.2. The van der Waals surface area contributed by atoms with Crippen LogP contribution in [0.3, 0.4) is 0 Å². The molecule has 2 aromatic carbocycles. The van der Waals surface area contributed by atoms with Crippen LogP contribution < -0.4 is 4.74 Å². The van der Waals surface area contributed by atoms with Gasteiger partial charge < -0.3 is 9.47 Å². The number of benzene rings is 2. The molecule has 1 aliphatic rings. The van der Waals surface area contributed by atoms with Gasteiger partial charge in [0, 0.05) is 12.2 Å². The topological polar surface area (TPSA) is 18.5 Å². The molecule has 0 bridgehead atoms. The highest BCUT2D eigenvalue weighted by Gasteiger charge is 2.28. The van der Waals surface area contributed by atoms with Crippen LogP contribution in [0.15, 0.2) is 42.5 Å². The Morgan fingerprint density at radius 3 is 2.64 bits per heavy atom. The summed E-state index contributed by atoms with van der Waals surface area (Å²) in [5, 5.41) is 0. The summed E-state index contributed by atoms with van der Waals surface area (Å²) in [7, 11) is 0. The molecule has 2 nitrogen and oxygen atoms in total. The summed E-state index contributed by atoms with van der Waals surface area (Å²) in [5.74, 6) is 1.04. The largest absolute Gasteiger partial charge is 0.493 e. The van der Waals surface area contributed by atoms with Crippen LogP contribution in [-0.2, 0) is 16.8 Å². The zero-order valence-electron chi connectivity index (χ0n) is 15.8. The van der Waals surface area contributed by atoms with Gasteiger partial charge in [-0.1, -0.05) is 50.3 Å². The fraction of sp³-hybridized carbons (Fsp3) is 0.391. The highest BCUT2D eigenvalue weighted by atomic mass is 16.5.